The summed E-state index contributed by atoms with van der Waals surface area (Å²) < 4.78 is 0. The minimum atomic E-state index is -0.288. The molecule has 0 saturated heterocycles. The molecule has 0 unspecified atom stereocenters. The Morgan fingerprint density at radius 3 is 2.56 bits per heavy atom. The van der Waals surface area contributed by atoms with Crippen LogP contribution in [0.25, 0.3) is 0 Å². The molecule has 6 nitrogen and oxygen atoms in total. The maximum Gasteiger partial charge on any atom is 0.274 e. The number of amides is 1. The van der Waals surface area contributed by atoms with E-state index in [0.717, 1.165) is 23.4 Å². The summed E-state index contributed by atoms with van der Waals surface area (Å²) in [7, 11) is 0. The number of nitrogens with one attached hydrogen (secondary N) is 2. The highest BCUT2D eigenvalue weighted by Gasteiger charge is 2.12. The Morgan fingerprint density at radius 1 is 1.11 bits per heavy atom. The average Bonchev–Trinajstić information content (AvgIpc) is 2.68. The van der Waals surface area contributed by atoms with Gasteiger partial charge in [-0.15, -0.1) is 0 Å². The number of carbonyl (C=O) groups excluding carboxylic acids is 1. The van der Waals surface area contributed by atoms with Crippen LogP contribution in [0, 0.1) is 18.3 Å². The minimum Gasteiger partial charge on any atom is -0.340 e. The average molecular weight is 357 g/mol. The molecule has 0 saturated carbocycles. The summed E-state index contributed by atoms with van der Waals surface area (Å²) in [6.07, 6.45) is 0.824. The van der Waals surface area contributed by atoms with Crippen LogP contribution in [0.15, 0.2) is 54.6 Å². The molecule has 27 heavy (non-hydrogen) atoms. The zero-order valence-electron chi connectivity index (χ0n) is 15.2. The van der Waals surface area contributed by atoms with Gasteiger partial charge < -0.3 is 10.6 Å². The molecule has 1 aromatic heterocycles. The second-order valence-electron chi connectivity index (χ2n) is 5.96. The zero-order valence-corrected chi connectivity index (χ0v) is 15.2. The van der Waals surface area contributed by atoms with Gasteiger partial charge in [0, 0.05) is 17.4 Å². The normalized spacial score (nSPS) is 10.1. The Hall–Kier alpha value is -3.72. The van der Waals surface area contributed by atoms with Gasteiger partial charge in [0.1, 0.15) is 17.3 Å². The quantitative estimate of drug-likeness (QED) is 0.713. The first kappa shape index (κ1) is 18.1. The Labute approximate surface area is 157 Å². The van der Waals surface area contributed by atoms with E-state index in [1.54, 1.807) is 37.3 Å². The standard InChI is InChI=1S/C21H19N5O/c1-3-16-6-4-5-7-18(16)26-21(27)19-12-20(24-14(2)23-19)25-17-10-8-15(13-22)9-11-17/h4-12H,3H2,1-2H3,(H,26,27)(H,23,24,25). The zero-order chi connectivity index (χ0) is 19.2. The number of para-hydroxylation sites is 1. The van der Waals surface area contributed by atoms with Gasteiger partial charge in [0.25, 0.3) is 5.91 Å². The van der Waals surface area contributed by atoms with Gasteiger partial charge in [-0.05, 0) is 49.2 Å². The van der Waals surface area contributed by atoms with Crippen LogP contribution in [0.2, 0.25) is 0 Å². The molecule has 0 aliphatic rings. The van der Waals surface area contributed by atoms with E-state index in [-0.39, 0.29) is 11.6 Å². The number of benzene rings is 2. The molecule has 134 valence electrons. The van der Waals surface area contributed by atoms with Gasteiger partial charge in [-0.1, -0.05) is 25.1 Å². The first-order valence-corrected chi connectivity index (χ1v) is 8.61. The van der Waals surface area contributed by atoms with Crippen LogP contribution in [-0.4, -0.2) is 15.9 Å². The van der Waals surface area contributed by atoms with Crippen LogP contribution in [0.5, 0.6) is 0 Å². The fraction of sp³-hybridized carbons (Fsp3) is 0.143. The van der Waals surface area contributed by atoms with E-state index in [1.165, 1.54) is 0 Å². The fourth-order valence-corrected chi connectivity index (χ4v) is 2.66. The Morgan fingerprint density at radius 2 is 1.85 bits per heavy atom. The Kier molecular flexibility index (Phi) is 5.43. The van der Waals surface area contributed by atoms with Gasteiger partial charge in [0.05, 0.1) is 11.6 Å². The van der Waals surface area contributed by atoms with Crippen molar-refractivity contribution in [1.82, 2.24) is 9.97 Å². The number of hydrogen-bond donors (Lipinski definition) is 2. The van der Waals surface area contributed by atoms with Gasteiger partial charge in [-0.3, -0.25) is 4.79 Å². The molecule has 0 radical (unpaired) electrons. The van der Waals surface area contributed by atoms with Crippen molar-refractivity contribution in [2.45, 2.75) is 20.3 Å². The van der Waals surface area contributed by atoms with Crippen LogP contribution in [0.3, 0.4) is 0 Å². The summed E-state index contributed by atoms with van der Waals surface area (Å²) in [5, 5.41) is 14.9. The predicted octanol–water partition coefficient (Wildman–Crippen LogP) is 4.22. The Bertz CT molecular complexity index is 1010. The summed E-state index contributed by atoms with van der Waals surface area (Å²) in [5.74, 6) is 0.716. The first-order chi connectivity index (χ1) is 13.1. The van der Waals surface area contributed by atoms with Crippen molar-refractivity contribution < 1.29 is 4.79 Å². The number of hydrogen-bond acceptors (Lipinski definition) is 5. The van der Waals surface area contributed by atoms with Gasteiger partial charge in [-0.25, -0.2) is 9.97 Å². The van der Waals surface area contributed by atoms with Crippen molar-refractivity contribution >= 4 is 23.1 Å². The molecule has 2 N–H and O–H groups in total. The fourth-order valence-electron chi connectivity index (χ4n) is 2.66. The summed E-state index contributed by atoms with van der Waals surface area (Å²) in [4.78, 5) is 21.2. The molecule has 0 fully saturated rings. The predicted molar refractivity (Wildman–Crippen MR) is 105 cm³/mol. The molecule has 3 rings (SSSR count). The highest BCUT2D eigenvalue weighted by atomic mass is 16.1. The number of aromatic nitrogens is 2. The lowest BCUT2D eigenvalue weighted by Crippen LogP contribution is -2.16. The monoisotopic (exact) mass is 357 g/mol. The number of rotatable bonds is 5. The van der Waals surface area contributed by atoms with Crippen molar-refractivity contribution in [3.63, 3.8) is 0 Å². The van der Waals surface area contributed by atoms with Crippen LogP contribution >= 0.6 is 0 Å². The molecule has 0 aliphatic heterocycles. The summed E-state index contributed by atoms with van der Waals surface area (Å²) in [6.45, 7) is 3.78. The summed E-state index contributed by atoms with van der Waals surface area (Å²) in [5.41, 5.74) is 3.48. The SMILES string of the molecule is CCc1ccccc1NC(=O)c1cc(Nc2ccc(C#N)cc2)nc(C)n1. The van der Waals surface area contributed by atoms with Crippen LogP contribution in [-0.2, 0) is 6.42 Å². The molecular weight excluding hydrogens is 338 g/mol. The smallest absolute Gasteiger partial charge is 0.274 e. The van der Waals surface area contributed by atoms with Crippen LogP contribution in [0.1, 0.15) is 34.4 Å². The van der Waals surface area contributed by atoms with Crippen LogP contribution in [0.4, 0.5) is 17.2 Å². The third kappa shape index (κ3) is 4.47. The third-order valence-electron chi connectivity index (χ3n) is 4.00. The summed E-state index contributed by atoms with van der Waals surface area (Å²) >= 11 is 0. The largest absolute Gasteiger partial charge is 0.340 e. The Balaban J connectivity index is 1.81. The molecule has 0 bridgehead atoms. The second kappa shape index (κ2) is 8.11. The lowest BCUT2D eigenvalue weighted by atomic mass is 10.1. The molecule has 6 heteroatoms. The summed E-state index contributed by atoms with van der Waals surface area (Å²) in [6, 6.07) is 18.4. The maximum atomic E-state index is 12.7. The first-order valence-electron chi connectivity index (χ1n) is 8.61. The molecule has 0 atom stereocenters. The van der Waals surface area contributed by atoms with E-state index < -0.39 is 0 Å². The van der Waals surface area contributed by atoms with Crippen molar-refractivity contribution in [3.05, 3.63) is 77.2 Å². The van der Waals surface area contributed by atoms with Gasteiger partial charge in [0.2, 0.25) is 0 Å². The number of nitrogens with zero attached hydrogens (tertiary/aromatic N) is 3. The third-order valence-corrected chi connectivity index (χ3v) is 4.00. The highest BCUT2D eigenvalue weighted by Crippen LogP contribution is 2.19. The van der Waals surface area contributed by atoms with E-state index in [0.29, 0.717) is 17.2 Å². The van der Waals surface area contributed by atoms with Gasteiger partial charge in [-0.2, -0.15) is 5.26 Å². The maximum absolute atomic E-state index is 12.7. The minimum absolute atomic E-state index is 0.282. The number of nitriles is 1. The highest BCUT2D eigenvalue weighted by molar-refractivity contribution is 6.03. The molecule has 2 aromatic carbocycles. The van der Waals surface area contributed by atoms with Crippen molar-refractivity contribution in [3.8, 4) is 6.07 Å². The molecule has 1 heterocycles. The van der Waals surface area contributed by atoms with Crippen molar-refractivity contribution in [1.29, 1.82) is 5.26 Å². The second-order valence-corrected chi connectivity index (χ2v) is 5.96. The number of aryl methyl sites for hydroxylation is 2. The van der Waals surface area contributed by atoms with Gasteiger partial charge >= 0.3 is 0 Å². The number of carbonyl (C=O) groups is 1. The van der Waals surface area contributed by atoms with E-state index in [1.807, 2.05) is 31.2 Å². The van der Waals surface area contributed by atoms with Crippen LogP contribution < -0.4 is 10.6 Å². The lowest BCUT2D eigenvalue weighted by molar-refractivity contribution is 0.102. The molecule has 1 amide bonds. The molecule has 0 spiro atoms. The van der Waals surface area contributed by atoms with Crippen molar-refractivity contribution in [2.24, 2.45) is 0 Å². The van der Waals surface area contributed by atoms with E-state index >= 15 is 0 Å². The lowest BCUT2D eigenvalue weighted by Gasteiger charge is -2.11. The molecule has 3 aromatic rings. The number of anilines is 3. The van der Waals surface area contributed by atoms with E-state index in [9.17, 15) is 4.79 Å². The van der Waals surface area contributed by atoms with Crippen molar-refractivity contribution in [2.75, 3.05) is 10.6 Å². The van der Waals surface area contributed by atoms with E-state index in [4.69, 9.17) is 5.26 Å². The topological polar surface area (TPSA) is 90.7 Å². The van der Waals surface area contributed by atoms with Gasteiger partial charge in [0.15, 0.2) is 0 Å². The molecule has 0 aliphatic carbocycles. The van der Waals surface area contributed by atoms with E-state index in [2.05, 4.69) is 26.7 Å². The molecular formula is C21H19N5O.